The second-order valence-electron chi connectivity index (χ2n) is 7.97. The summed E-state index contributed by atoms with van der Waals surface area (Å²) in [5.41, 5.74) is 5.09. The van der Waals surface area contributed by atoms with E-state index in [1.807, 2.05) is 54.7 Å². The van der Waals surface area contributed by atoms with Crippen LogP contribution >= 0.6 is 0 Å². The minimum atomic E-state index is -0.212. The fourth-order valence-electron chi connectivity index (χ4n) is 4.62. The molecule has 5 heteroatoms. The van der Waals surface area contributed by atoms with E-state index in [1.54, 1.807) is 0 Å². The number of ether oxygens (including phenoxy) is 1. The first-order valence-electron chi connectivity index (χ1n) is 10.6. The minimum Gasteiger partial charge on any atom is -0.464 e. The van der Waals surface area contributed by atoms with Crippen molar-refractivity contribution in [2.45, 2.75) is 6.23 Å². The van der Waals surface area contributed by atoms with Crippen LogP contribution in [0.4, 0.5) is 5.69 Å². The molecule has 6 aromatic rings. The van der Waals surface area contributed by atoms with Gasteiger partial charge in [0.05, 0.1) is 27.6 Å². The van der Waals surface area contributed by atoms with Crippen LogP contribution in [0.3, 0.4) is 0 Å². The number of hydrogen-bond donors (Lipinski definition) is 1. The molecule has 0 aliphatic carbocycles. The van der Waals surface area contributed by atoms with Crippen molar-refractivity contribution < 1.29 is 4.74 Å². The number of nitrogens with one attached hydrogen (secondary N) is 1. The Morgan fingerprint density at radius 3 is 2.53 bits per heavy atom. The van der Waals surface area contributed by atoms with Crippen molar-refractivity contribution in [2.24, 2.45) is 0 Å². The lowest BCUT2D eigenvalue weighted by molar-refractivity contribution is 0.263. The summed E-state index contributed by atoms with van der Waals surface area (Å²) >= 11 is 0. The second-order valence-corrected chi connectivity index (χ2v) is 7.97. The second kappa shape index (κ2) is 6.56. The van der Waals surface area contributed by atoms with Crippen molar-refractivity contribution in [1.29, 1.82) is 0 Å². The molecule has 4 aromatic carbocycles. The van der Waals surface area contributed by atoms with Gasteiger partial charge >= 0.3 is 0 Å². The number of nitrogens with zero attached hydrogens (tertiary/aromatic N) is 3. The lowest BCUT2D eigenvalue weighted by Gasteiger charge is -2.11. The van der Waals surface area contributed by atoms with Crippen LogP contribution in [-0.4, -0.2) is 14.5 Å². The number of para-hydroxylation sites is 2. The van der Waals surface area contributed by atoms with Gasteiger partial charge in [-0.2, -0.15) is 0 Å². The Labute approximate surface area is 183 Å². The summed E-state index contributed by atoms with van der Waals surface area (Å²) in [6.07, 6.45) is 1.67. The quantitative estimate of drug-likeness (QED) is 0.365. The van der Waals surface area contributed by atoms with Gasteiger partial charge in [0.1, 0.15) is 0 Å². The molecule has 5 nitrogen and oxygen atoms in total. The largest absolute Gasteiger partial charge is 0.464 e. The van der Waals surface area contributed by atoms with Crippen LogP contribution in [-0.2, 0) is 0 Å². The van der Waals surface area contributed by atoms with Crippen LogP contribution in [0.15, 0.2) is 97.2 Å². The molecule has 1 unspecified atom stereocenters. The highest BCUT2D eigenvalue weighted by Gasteiger charge is 2.28. The lowest BCUT2D eigenvalue weighted by atomic mass is 10.1. The van der Waals surface area contributed by atoms with Gasteiger partial charge in [-0.1, -0.05) is 66.7 Å². The van der Waals surface area contributed by atoms with Crippen molar-refractivity contribution in [3.8, 4) is 11.7 Å². The van der Waals surface area contributed by atoms with Gasteiger partial charge in [0, 0.05) is 22.5 Å². The maximum Gasteiger partial charge on any atom is 0.235 e. The summed E-state index contributed by atoms with van der Waals surface area (Å²) < 4.78 is 8.59. The van der Waals surface area contributed by atoms with Crippen LogP contribution in [0, 0.1) is 0 Å². The highest BCUT2D eigenvalue weighted by atomic mass is 16.5. The van der Waals surface area contributed by atoms with Gasteiger partial charge in [-0.15, -0.1) is 0 Å². The molecule has 152 valence electrons. The van der Waals surface area contributed by atoms with E-state index in [1.165, 1.54) is 0 Å². The zero-order valence-electron chi connectivity index (χ0n) is 17.1. The van der Waals surface area contributed by atoms with Gasteiger partial charge in [0.15, 0.2) is 12.0 Å². The number of rotatable bonds is 2. The number of fused-ring (bicyclic) bond motifs is 6. The van der Waals surface area contributed by atoms with Crippen LogP contribution in [0.5, 0.6) is 5.75 Å². The van der Waals surface area contributed by atoms with E-state index in [-0.39, 0.29) is 6.23 Å². The topological polar surface area (TPSA) is 52.0 Å². The van der Waals surface area contributed by atoms with Crippen LogP contribution in [0.25, 0.3) is 38.7 Å². The van der Waals surface area contributed by atoms with E-state index in [4.69, 9.17) is 14.7 Å². The van der Waals surface area contributed by atoms with Gasteiger partial charge < -0.3 is 10.1 Å². The highest BCUT2D eigenvalue weighted by Crippen LogP contribution is 2.47. The van der Waals surface area contributed by atoms with Crippen LogP contribution in [0.2, 0.25) is 0 Å². The zero-order chi connectivity index (χ0) is 21.1. The fourth-order valence-corrected chi connectivity index (χ4v) is 4.62. The van der Waals surface area contributed by atoms with Crippen molar-refractivity contribution in [3.63, 3.8) is 0 Å². The number of aromatic nitrogens is 3. The average molecular weight is 414 g/mol. The summed E-state index contributed by atoms with van der Waals surface area (Å²) in [5.74, 6) is 1.52. The number of hydrogen-bond acceptors (Lipinski definition) is 4. The Kier molecular flexibility index (Phi) is 3.55. The van der Waals surface area contributed by atoms with Gasteiger partial charge in [0.25, 0.3) is 0 Å². The molecule has 7 rings (SSSR count). The minimum absolute atomic E-state index is 0.212. The smallest absolute Gasteiger partial charge is 0.235 e. The van der Waals surface area contributed by atoms with Crippen LogP contribution in [0.1, 0.15) is 11.8 Å². The third kappa shape index (κ3) is 2.45. The molecular weight excluding hydrogens is 396 g/mol. The van der Waals surface area contributed by atoms with Crippen molar-refractivity contribution in [3.05, 3.63) is 103 Å². The molecule has 0 bridgehead atoms. The molecule has 0 spiro atoms. The molecule has 0 fully saturated rings. The zero-order valence-corrected chi connectivity index (χ0v) is 17.1. The van der Waals surface area contributed by atoms with Gasteiger partial charge in [-0.05, 0) is 24.3 Å². The predicted molar refractivity (Wildman–Crippen MR) is 127 cm³/mol. The summed E-state index contributed by atoms with van der Waals surface area (Å²) in [5, 5.41) is 6.73. The molecule has 0 amide bonds. The van der Waals surface area contributed by atoms with E-state index in [0.717, 1.165) is 49.7 Å². The molecule has 0 radical (unpaired) electrons. The molecule has 1 atom stereocenters. The monoisotopic (exact) mass is 414 g/mol. The number of benzene rings is 4. The molecule has 32 heavy (non-hydrogen) atoms. The molecule has 1 N–H and O–H groups in total. The van der Waals surface area contributed by atoms with E-state index in [9.17, 15) is 0 Å². The summed E-state index contributed by atoms with van der Waals surface area (Å²) in [4.78, 5) is 9.57. The first kappa shape index (κ1) is 17.3. The van der Waals surface area contributed by atoms with E-state index in [2.05, 4.69) is 52.3 Å². The molecule has 0 saturated carbocycles. The van der Waals surface area contributed by atoms with E-state index in [0.29, 0.717) is 5.95 Å². The van der Waals surface area contributed by atoms with Crippen molar-refractivity contribution in [2.75, 3.05) is 5.32 Å². The van der Waals surface area contributed by atoms with Gasteiger partial charge in [-0.3, -0.25) is 4.57 Å². The van der Waals surface area contributed by atoms with E-state index < -0.39 is 0 Å². The molecule has 2 aromatic heterocycles. The van der Waals surface area contributed by atoms with Crippen LogP contribution < -0.4 is 10.1 Å². The Morgan fingerprint density at radius 2 is 1.59 bits per heavy atom. The van der Waals surface area contributed by atoms with Crippen molar-refractivity contribution in [1.82, 2.24) is 14.5 Å². The SMILES string of the molecule is c1ccc(C2Nc3ccc4c(c3O2)c2ccccc2n4-c2ncc3ccccc3n2)cc1. The first-order chi connectivity index (χ1) is 15.9. The van der Waals surface area contributed by atoms with Gasteiger partial charge in [-0.25, -0.2) is 9.97 Å². The third-order valence-corrected chi connectivity index (χ3v) is 6.09. The first-order valence-corrected chi connectivity index (χ1v) is 10.6. The van der Waals surface area contributed by atoms with Gasteiger partial charge in [0.2, 0.25) is 5.95 Å². The normalized spacial score (nSPS) is 15.1. The Bertz CT molecular complexity index is 1640. The third-order valence-electron chi connectivity index (χ3n) is 6.09. The summed E-state index contributed by atoms with van der Waals surface area (Å²) in [6, 6.07) is 30.8. The van der Waals surface area contributed by atoms with E-state index >= 15 is 0 Å². The maximum absolute atomic E-state index is 6.47. The molecule has 0 saturated heterocycles. The number of anilines is 1. The Hall–Kier alpha value is -4.38. The molecule has 1 aliphatic rings. The lowest BCUT2D eigenvalue weighted by Crippen LogP contribution is -2.09. The maximum atomic E-state index is 6.47. The fraction of sp³-hybridized carbons (Fsp3) is 0.0370. The highest BCUT2D eigenvalue weighted by molar-refractivity contribution is 6.14. The Morgan fingerprint density at radius 1 is 0.781 bits per heavy atom. The standard InChI is InChI=1S/C27H18N4O/c1-2-8-17(9-3-1)26-29-21-14-15-23-24(25(21)32-26)19-11-5-7-13-22(19)31(23)27-28-16-18-10-4-6-12-20(18)30-27/h1-16,26,29H. The molecule has 1 aliphatic heterocycles. The summed E-state index contributed by atoms with van der Waals surface area (Å²) in [6.45, 7) is 0. The molecule has 3 heterocycles. The average Bonchev–Trinajstić information content (AvgIpc) is 3.43. The Balaban J connectivity index is 1.48. The predicted octanol–water partition coefficient (Wildman–Crippen LogP) is 6.23. The summed E-state index contributed by atoms with van der Waals surface area (Å²) in [7, 11) is 0. The van der Waals surface area contributed by atoms with Crippen molar-refractivity contribution >= 4 is 38.4 Å². The molecular formula is C27H18N4O.